The van der Waals surface area contributed by atoms with Gasteiger partial charge in [-0.15, -0.1) is 0 Å². The molecule has 116 valence electrons. The number of aliphatic hydroxyl groups is 3. The quantitative estimate of drug-likeness (QED) is 0.419. The molecule has 1 rings (SSSR count). The van der Waals surface area contributed by atoms with E-state index in [2.05, 4.69) is 10.1 Å². The molecule has 1 heterocycles. The highest BCUT2D eigenvalue weighted by molar-refractivity contribution is 5.74. The van der Waals surface area contributed by atoms with Gasteiger partial charge >= 0.3 is 5.97 Å². The third-order valence-electron chi connectivity index (χ3n) is 3.28. The summed E-state index contributed by atoms with van der Waals surface area (Å²) in [4.78, 5) is 24.3. The molecule has 4 atom stereocenters. The first-order chi connectivity index (χ1) is 9.38. The minimum Gasteiger partial charge on any atom is -0.469 e. The molecule has 1 fully saturated rings. The van der Waals surface area contributed by atoms with Crippen LogP contribution in [0.2, 0.25) is 0 Å². The van der Waals surface area contributed by atoms with Crippen molar-refractivity contribution in [1.82, 2.24) is 10.2 Å². The Morgan fingerprint density at radius 1 is 1.50 bits per heavy atom. The Morgan fingerprint density at radius 3 is 2.65 bits per heavy atom. The minimum absolute atomic E-state index is 0.0337. The van der Waals surface area contributed by atoms with Gasteiger partial charge in [-0.05, 0) is 6.42 Å². The highest BCUT2D eigenvalue weighted by Gasteiger charge is 2.39. The summed E-state index contributed by atoms with van der Waals surface area (Å²) < 4.78 is 4.66. The molecule has 0 unspecified atom stereocenters. The number of likely N-dealkylation sites (tertiary alicyclic amines) is 1. The summed E-state index contributed by atoms with van der Waals surface area (Å²) in [6, 6.07) is 0. The van der Waals surface area contributed by atoms with Gasteiger partial charge < -0.3 is 25.4 Å². The highest BCUT2D eigenvalue weighted by Crippen LogP contribution is 2.22. The average Bonchev–Trinajstić information content (AvgIpc) is 2.40. The number of hydrogen-bond donors (Lipinski definition) is 4. The van der Waals surface area contributed by atoms with E-state index in [0.29, 0.717) is 0 Å². The minimum atomic E-state index is -1.02. The van der Waals surface area contributed by atoms with E-state index in [-0.39, 0.29) is 25.4 Å². The second-order valence-corrected chi connectivity index (χ2v) is 4.96. The molecule has 0 radical (unpaired) electrons. The van der Waals surface area contributed by atoms with Crippen molar-refractivity contribution in [2.45, 2.75) is 31.7 Å². The Kier molecular flexibility index (Phi) is 6.34. The molecule has 20 heavy (non-hydrogen) atoms. The molecular formula is C12H22N2O6. The predicted molar refractivity (Wildman–Crippen MR) is 68.4 cm³/mol. The zero-order valence-electron chi connectivity index (χ0n) is 11.7. The third-order valence-corrected chi connectivity index (χ3v) is 3.28. The van der Waals surface area contributed by atoms with Crippen molar-refractivity contribution in [3.63, 3.8) is 0 Å². The summed E-state index contributed by atoms with van der Waals surface area (Å²) >= 11 is 0. The van der Waals surface area contributed by atoms with Gasteiger partial charge in [0.05, 0.1) is 31.8 Å². The number of carbonyl (C=O) groups excluding carboxylic acids is 2. The van der Waals surface area contributed by atoms with Crippen molar-refractivity contribution in [3.8, 4) is 0 Å². The number of nitrogens with zero attached hydrogens (tertiary/aromatic N) is 1. The lowest BCUT2D eigenvalue weighted by Gasteiger charge is -2.42. The van der Waals surface area contributed by atoms with Gasteiger partial charge in [-0.25, -0.2) is 0 Å². The van der Waals surface area contributed by atoms with E-state index in [1.54, 1.807) is 4.90 Å². The van der Waals surface area contributed by atoms with Crippen molar-refractivity contribution in [2.75, 3.05) is 26.8 Å². The highest BCUT2D eigenvalue weighted by atomic mass is 16.5. The summed E-state index contributed by atoms with van der Waals surface area (Å²) in [5.41, 5.74) is 0. The third kappa shape index (κ3) is 4.41. The summed E-state index contributed by atoms with van der Waals surface area (Å²) in [5, 5.41) is 31.1. The zero-order chi connectivity index (χ0) is 15.3. The lowest BCUT2D eigenvalue weighted by Crippen LogP contribution is -2.62. The monoisotopic (exact) mass is 290 g/mol. The fourth-order valence-corrected chi connectivity index (χ4v) is 2.38. The van der Waals surface area contributed by atoms with Gasteiger partial charge in [0.25, 0.3) is 0 Å². The maximum atomic E-state index is 11.6. The molecular weight excluding hydrogens is 268 g/mol. The Bertz CT molecular complexity index is 351. The van der Waals surface area contributed by atoms with E-state index in [1.807, 2.05) is 0 Å². The van der Waals surface area contributed by atoms with Gasteiger partial charge in [0, 0.05) is 20.0 Å². The van der Waals surface area contributed by atoms with Crippen molar-refractivity contribution >= 4 is 11.9 Å². The number of hydrogen-bond acceptors (Lipinski definition) is 7. The number of methoxy groups -OCH3 is 1. The largest absolute Gasteiger partial charge is 0.469 e. The fraction of sp³-hybridized carbons (Fsp3) is 0.833. The van der Waals surface area contributed by atoms with Gasteiger partial charge in [-0.2, -0.15) is 0 Å². The lowest BCUT2D eigenvalue weighted by atomic mass is 9.93. The topological polar surface area (TPSA) is 119 Å². The molecule has 0 aliphatic carbocycles. The summed E-state index contributed by atoms with van der Waals surface area (Å²) in [6.07, 6.45) is -2.50. The molecule has 1 saturated heterocycles. The van der Waals surface area contributed by atoms with Crippen molar-refractivity contribution in [3.05, 3.63) is 0 Å². The van der Waals surface area contributed by atoms with Crippen LogP contribution in [-0.2, 0) is 14.3 Å². The van der Waals surface area contributed by atoms with Crippen LogP contribution in [0.5, 0.6) is 0 Å². The second kappa shape index (κ2) is 7.53. The number of carbonyl (C=O) groups is 2. The van der Waals surface area contributed by atoms with E-state index >= 15 is 0 Å². The van der Waals surface area contributed by atoms with Crippen LogP contribution in [0.25, 0.3) is 0 Å². The summed E-state index contributed by atoms with van der Waals surface area (Å²) in [7, 11) is 1.27. The Hall–Kier alpha value is -1.22. The van der Waals surface area contributed by atoms with Gasteiger partial charge in [0.1, 0.15) is 6.17 Å². The van der Waals surface area contributed by atoms with Crippen molar-refractivity contribution in [2.24, 2.45) is 5.92 Å². The molecule has 1 amide bonds. The Labute approximate surface area is 117 Å². The van der Waals surface area contributed by atoms with E-state index < -0.39 is 36.9 Å². The second-order valence-electron chi connectivity index (χ2n) is 4.96. The molecule has 0 aromatic heterocycles. The van der Waals surface area contributed by atoms with E-state index in [0.717, 1.165) is 0 Å². The Morgan fingerprint density at radius 2 is 2.15 bits per heavy atom. The standard InChI is InChI=1S/C12H22N2O6/c1-7(16)13-11-10(18)3-8(12(19)20-2)4-14(11)5-9(17)6-15/h8-11,15,17-18H,3-6H2,1-2H3,(H,13,16)/t8-,9-,10+,11+/m1/s1. The Balaban J connectivity index is 2.82. The van der Waals surface area contributed by atoms with Crippen LogP contribution in [0.15, 0.2) is 0 Å². The molecule has 0 saturated carbocycles. The van der Waals surface area contributed by atoms with E-state index in [4.69, 9.17) is 5.11 Å². The molecule has 4 N–H and O–H groups in total. The molecule has 0 aromatic rings. The fourth-order valence-electron chi connectivity index (χ4n) is 2.38. The maximum absolute atomic E-state index is 11.6. The molecule has 8 nitrogen and oxygen atoms in total. The van der Waals surface area contributed by atoms with Crippen LogP contribution in [0, 0.1) is 5.92 Å². The van der Waals surface area contributed by atoms with Gasteiger partial charge in [-0.3, -0.25) is 14.5 Å². The van der Waals surface area contributed by atoms with Crippen molar-refractivity contribution in [1.29, 1.82) is 0 Å². The summed E-state index contributed by atoms with van der Waals surface area (Å²) in [5.74, 6) is -1.31. The van der Waals surface area contributed by atoms with Crippen molar-refractivity contribution < 1.29 is 29.6 Å². The van der Waals surface area contributed by atoms with Crippen LogP contribution in [0.1, 0.15) is 13.3 Å². The normalized spacial score (nSPS) is 28.8. The van der Waals surface area contributed by atoms with E-state index in [9.17, 15) is 19.8 Å². The first-order valence-electron chi connectivity index (χ1n) is 6.45. The number of ether oxygens (including phenoxy) is 1. The summed E-state index contributed by atoms with van der Waals surface area (Å²) in [6.45, 7) is 1.14. The van der Waals surface area contributed by atoms with Crippen LogP contribution in [0.3, 0.4) is 0 Å². The van der Waals surface area contributed by atoms with Gasteiger partial charge in [0.2, 0.25) is 5.91 Å². The number of nitrogens with one attached hydrogen (secondary N) is 1. The predicted octanol–water partition coefficient (Wildman–Crippen LogP) is -2.34. The molecule has 1 aliphatic heterocycles. The number of amides is 1. The first-order valence-corrected chi connectivity index (χ1v) is 6.45. The maximum Gasteiger partial charge on any atom is 0.310 e. The number of piperidine rings is 1. The lowest BCUT2D eigenvalue weighted by molar-refractivity contribution is -0.153. The van der Waals surface area contributed by atoms with Crippen LogP contribution >= 0.6 is 0 Å². The number of β-amino-alcohol motifs (C(OH)–C–C–N with tert-alkyl or cyclic N) is 1. The molecule has 0 spiro atoms. The molecule has 1 aliphatic rings. The van der Waals surface area contributed by atoms with E-state index in [1.165, 1.54) is 14.0 Å². The number of rotatable bonds is 5. The molecule has 8 heteroatoms. The van der Waals surface area contributed by atoms with Crippen LogP contribution < -0.4 is 5.32 Å². The first kappa shape index (κ1) is 16.8. The van der Waals surface area contributed by atoms with Crippen LogP contribution in [-0.4, -0.2) is 77.3 Å². The van der Waals surface area contributed by atoms with Gasteiger partial charge in [-0.1, -0.05) is 0 Å². The SMILES string of the molecule is COC(=O)[C@@H]1C[C@H](O)[C@@H](NC(C)=O)N(C[C@@H](O)CO)C1. The molecule has 0 bridgehead atoms. The smallest absolute Gasteiger partial charge is 0.310 e. The number of aliphatic hydroxyl groups excluding tert-OH is 3. The zero-order valence-corrected chi connectivity index (χ0v) is 11.7. The van der Waals surface area contributed by atoms with Gasteiger partial charge in [0.15, 0.2) is 0 Å². The average molecular weight is 290 g/mol. The molecule has 0 aromatic carbocycles. The number of esters is 1. The van der Waals surface area contributed by atoms with Crippen LogP contribution in [0.4, 0.5) is 0 Å².